The molecule has 1 aromatic heterocycles. The molecule has 2 aromatic rings. The predicted octanol–water partition coefficient (Wildman–Crippen LogP) is 2.39. The van der Waals surface area contributed by atoms with Crippen LogP contribution in [0.2, 0.25) is 0 Å². The van der Waals surface area contributed by atoms with Crippen LogP contribution in [0.5, 0.6) is 0 Å². The van der Waals surface area contributed by atoms with Gasteiger partial charge in [-0.15, -0.1) is 0 Å². The van der Waals surface area contributed by atoms with E-state index in [0.29, 0.717) is 16.6 Å². The SMILES string of the molecule is CCNc1ccc2c(N)ncc(F)c2c1. The standard InChI is InChI=1S/C11H12FN3/c1-2-14-7-3-4-8-9(5-7)10(12)6-15-11(8)13/h3-6,14H,2H2,1H3,(H2,13,15). The molecule has 0 spiro atoms. The maximum atomic E-state index is 13.4. The van der Waals surface area contributed by atoms with Crippen molar-refractivity contribution in [3.8, 4) is 0 Å². The Labute approximate surface area is 87.1 Å². The monoisotopic (exact) mass is 205 g/mol. The molecule has 0 fully saturated rings. The number of halogens is 1. The molecule has 0 saturated heterocycles. The smallest absolute Gasteiger partial charge is 0.149 e. The number of nitrogens with zero attached hydrogens (tertiary/aromatic N) is 1. The summed E-state index contributed by atoms with van der Waals surface area (Å²) in [6, 6.07) is 5.38. The lowest BCUT2D eigenvalue weighted by atomic mass is 10.1. The number of nitrogens with one attached hydrogen (secondary N) is 1. The highest BCUT2D eigenvalue weighted by Gasteiger charge is 2.05. The Balaban J connectivity index is 2.65. The number of nitrogens with two attached hydrogens (primary N) is 1. The van der Waals surface area contributed by atoms with Gasteiger partial charge in [-0.05, 0) is 25.1 Å². The van der Waals surface area contributed by atoms with Crippen LogP contribution in [-0.2, 0) is 0 Å². The minimum absolute atomic E-state index is 0.348. The summed E-state index contributed by atoms with van der Waals surface area (Å²) < 4.78 is 13.4. The molecule has 0 aliphatic heterocycles. The third kappa shape index (κ3) is 1.70. The third-order valence-corrected chi connectivity index (χ3v) is 2.25. The molecule has 3 N–H and O–H groups in total. The van der Waals surface area contributed by atoms with Crippen LogP contribution < -0.4 is 11.1 Å². The Kier molecular flexibility index (Phi) is 2.41. The normalized spacial score (nSPS) is 10.5. The lowest BCUT2D eigenvalue weighted by Gasteiger charge is -2.06. The first-order valence-electron chi connectivity index (χ1n) is 4.80. The van der Waals surface area contributed by atoms with E-state index in [0.717, 1.165) is 18.4 Å². The van der Waals surface area contributed by atoms with Gasteiger partial charge in [-0.25, -0.2) is 9.37 Å². The number of nitrogen functional groups attached to an aromatic ring is 1. The molecule has 0 aliphatic rings. The lowest BCUT2D eigenvalue weighted by Crippen LogP contribution is -1.98. The van der Waals surface area contributed by atoms with Crippen molar-refractivity contribution < 1.29 is 4.39 Å². The number of hydrogen-bond acceptors (Lipinski definition) is 3. The minimum Gasteiger partial charge on any atom is -0.385 e. The molecule has 1 aromatic carbocycles. The third-order valence-electron chi connectivity index (χ3n) is 2.25. The van der Waals surface area contributed by atoms with E-state index in [9.17, 15) is 4.39 Å². The summed E-state index contributed by atoms with van der Waals surface area (Å²) in [5.74, 6) is 0.00778. The molecular formula is C11H12FN3. The number of rotatable bonds is 2. The molecule has 0 amide bonds. The molecular weight excluding hydrogens is 193 g/mol. The molecule has 2 rings (SSSR count). The first-order chi connectivity index (χ1) is 7.22. The zero-order valence-electron chi connectivity index (χ0n) is 8.42. The quantitative estimate of drug-likeness (QED) is 0.791. The maximum absolute atomic E-state index is 13.4. The van der Waals surface area contributed by atoms with Crippen LogP contribution in [0.15, 0.2) is 24.4 Å². The highest BCUT2D eigenvalue weighted by Crippen LogP contribution is 2.24. The molecule has 0 atom stereocenters. The predicted molar refractivity (Wildman–Crippen MR) is 60.3 cm³/mol. The Bertz CT molecular complexity index is 496. The Morgan fingerprint density at radius 1 is 1.40 bits per heavy atom. The van der Waals surface area contributed by atoms with Crippen molar-refractivity contribution in [3.05, 3.63) is 30.2 Å². The van der Waals surface area contributed by atoms with E-state index in [4.69, 9.17) is 5.73 Å². The van der Waals surface area contributed by atoms with E-state index in [1.54, 1.807) is 12.1 Å². The molecule has 1 heterocycles. The molecule has 0 saturated carbocycles. The van der Waals surface area contributed by atoms with Crippen LogP contribution >= 0.6 is 0 Å². The summed E-state index contributed by atoms with van der Waals surface area (Å²) in [4.78, 5) is 3.76. The second kappa shape index (κ2) is 3.73. The number of fused-ring (bicyclic) bond motifs is 1. The minimum atomic E-state index is -0.348. The van der Waals surface area contributed by atoms with Gasteiger partial charge in [0.25, 0.3) is 0 Å². The van der Waals surface area contributed by atoms with Crippen molar-refractivity contribution in [2.45, 2.75) is 6.92 Å². The van der Waals surface area contributed by atoms with Crippen molar-refractivity contribution >= 4 is 22.3 Å². The van der Waals surface area contributed by atoms with Gasteiger partial charge >= 0.3 is 0 Å². The second-order valence-electron chi connectivity index (χ2n) is 3.28. The van der Waals surface area contributed by atoms with Crippen LogP contribution in [0, 0.1) is 5.82 Å². The summed E-state index contributed by atoms with van der Waals surface area (Å²) in [5.41, 5.74) is 6.53. The zero-order valence-corrected chi connectivity index (χ0v) is 8.42. The van der Waals surface area contributed by atoms with E-state index >= 15 is 0 Å². The molecule has 0 unspecified atom stereocenters. The van der Waals surface area contributed by atoms with Gasteiger partial charge in [0.05, 0.1) is 6.20 Å². The average molecular weight is 205 g/mol. The molecule has 0 aliphatic carbocycles. The van der Waals surface area contributed by atoms with Crippen molar-refractivity contribution in [2.24, 2.45) is 0 Å². The van der Waals surface area contributed by atoms with Gasteiger partial charge in [0, 0.05) is 23.0 Å². The summed E-state index contributed by atoms with van der Waals surface area (Å²) >= 11 is 0. The number of benzene rings is 1. The molecule has 0 bridgehead atoms. The molecule has 78 valence electrons. The van der Waals surface area contributed by atoms with Gasteiger partial charge in [-0.2, -0.15) is 0 Å². The van der Waals surface area contributed by atoms with Crippen molar-refractivity contribution in [1.29, 1.82) is 0 Å². The van der Waals surface area contributed by atoms with Gasteiger partial charge in [-0.3, -0.25) is 0 Å². The van der Waals surface area contributed by atoms with Crippen LogP contribution in [0.1, 0.15) is 6.92 Å². The number of aromatic nitrogens is 1. The van der Waals surface area contributed by atoms with E-state index in [2.05, 4.69) is 10.3 Å². The van der Waals surface area contributed by atoms with Crippen molar-refractivity contribution in [3.63, 3.8) is 0 Å². The topological polar surface area (TPSA) is 50.9 Å². The van der Waals surface area contributed by atoms with Crippen LogP contribution in [0.4, 0.5) is 15.9 Å². The summed E-state index contributed by atoms with van der Waals surface area (Å²) in [6.45, 7) is 2.79. The number of hydrogen-bond donors (Lipinski definition) is 2. The van der Waals surface area contributed by atoms with Crippen LogP contribution in [0.25, 0.3) is 10.8 Å². The Hall–Kier alpha value is -1.84. The van der Waals surface area contributed by atoms with Gasteiger partial charge in [0.15, 0.2) is 0 Å². The van der Waals surface area contributed by atoms with E-state index in [1.165, 1.54) is 0 Å². The highest BCUT2D eigenvalue weighted by atomic mass is 19.1. The van der Waals surface area contributed by atoms with Gasteiger partial charge in [-0.1, -0.05) is 0 Å². The van der Waals surface area contributed by atoms with Gasteiger partial charge in [0.1, 0.15) is 11.6 Å². The summed E-state index contributed by atoms with van der Waals surface area (Å²) in [7, 11) is 0. The fourth-order valence-electron chi connectivity index (χ4n) is 1.54. The Morgan fingerprint density at radius 3 is 2.93 bits per heavy atom. The average Bonchev–Trinajstić information content (AvgIpc) is 2.24. The fourth-order valence-corrected chi connectivity index (χ4v) is 1.54. The fraction of sp³-hybridized carbons (Fsp3) is 0.182. The van der Waals surface area contributed by atoms with E-state index in [1.807, 2.05) is 13.0 Å². The first kappa shape index (κ1) is 9.71. The molecule has 15 heavy (non-hydrogen) atoms. The summed E-state index contributed by atoms with van der Waals surface area (Å²) in [6.07, 6.45) is 1.15. The van der Waals surface area contributed by atoms with Crippen molar-refractivity contribution in [2.75, 3.05) is 17.6 Å². The largest absolute Gasteiger partial charge is 0.385 e. The van der Waals surface area contributed by atoms with Crippen LogP contribution in [0.3, 0.4) is 0 Å². The zero-order chi connectivity index (χ0) is 10.8. The lowest BCUT2D eigenvalue weighted by molar-refractivity contribution is 0.634. The van der Waals surface area contributed by atoms with Crippen LogP contribution in [-0.4, -0.2) is 11.5 Å². The van der Waals surface area contributed by atoms with Gasteiger partial charge in [0.2, 0.25) is 0 Å². The molecule has 4 heteroatoms. The molecule has 0 radical (unpaired) electrons. The number of anilines is 2. The Morgan fingerprint density at radius 2 is 2.20 bits per heavy atom. The second-order valence-corrected chi connectivity index (χ2v) is 3.28. The van der Waals surface area contributed by atoms with E-state index < -0.39 is 0 Å². The number of pyridine rings is 1. The van der Waals surface area contributed by atoms with Gasteiger partial charge < -0.3 is 11.1 Å². The molecule has 3 nitrogen and oxygen atoms in total. The summed E-state index contributed by atoms with van der Waals surface area (Å²) in [5, 5.41) is 4.27. The first-order valence-corrected chi connectivity index (χ1v) is 4.80. The highest BCUT2D eigenvalue weighted by molar-refractivity contribution is 5.93. The van der Waals surface area contributed by atoms with Crippen molar-refractivity contribution in [1.82, 2.24) is 4.98 Å². The van der Waals surface area contributed by atoms with E-state index in [-0.39, 0.29) is 5.82 Å². The maximum Gasteiger partial charge on any atom is 0.149 e.